The summed E-state index contributed by atoms with van der Waals surface area (Å²) in [6, 6.07) is 17.8. The van der Waals surface area contributed by atoms with Crippen LogP contribution in [0.25, 0.3) is 0 Å². The topological polar surface area (TPSA) is 89.1 Å². The van der Waals surface area contributed by atoms with Gasteiger partial charge in [-0.3, -0.25) is 9.59 Å². The number of allylic oxidation sites excluding steroid dienone is 1. The minimum absolute atomic E-state index is 0.0837. The lowest BCUT2D eigenvalue weighted by molar-refractivity contribution is -0.123. The van der Waals surface area contributed by atoms with Gasteiger partial charge in [-0.1, -0.05) is 42.6 Å². The van der Waals surface area contributed by atoms with Gasteiger partial charge in [-0.25, -0.2) is 4.90 Å². The number of fused-ring (bicyclic) bond motifs is 3. The molecule has 0 unspecified atom stereocenters. The van der Waals surface area contributed by atoms with Crippen LogP contribution in [0, 0.1) is 23.2 Å². The van der Waals surface area contributed by atoms with Gasteiger partial charge in [-0.2, -0.15) is 5.26 Å². The molecule has 3 aliphatic rings. The highest BCUT2D eigenvalue weighted by molar-refractivity contribution is 6.30. The Morgan fingerprint density at radius 1 is 1.00 bits per heavy atom. The van der Waals surface area contributed by atoms with Gasteiger partial charge in [-0.05, 0) is 49.2 Å². The zero-order valence-electron chi connectivity index (χ0n) is 17.9. The van der Waals surface area contributed by atoms with Crippen LogP contribution in [-0.4, -0.2) is 29.3 Å². The van der Waals surface area contributed by atoms with E-state index in [1.54, 1.807) is 48.5 Å². The Bertz CT molecular complexity index is 1190. The highest BCUT2D eigenvalue weighted by Crippen LogP contribution is 2.49. The molecule has 166 valence electrons. The molecule has 2 amide bonds. The van der Waals surface area contributed by atoms with E-state index in [0.717, 1.165) is 25.7 Å². The van der Waals surface area contributed by atoms with E-state index in [9.17, 15) is 14.9 Å². The third-order valence-electron chi connectivity index (χ3n) is 6.62. The smallest absolute Gasteiger partial charge is 0.243 e. The van der Waals surface area contributed by atoms with Gasteiger partial charge in [0.2, 0.25) is 11.8 Å². The summed E-state index contributed by atoms with van der Waals surface area (Å²) in [5.41, 5.74) is 1.72. The molecule has 5 rings (SSSR count). The molecule has 0 saturated carbocycles. The third kappa shape index (κ3) is 3.70. The second-order valence-electron chi connectivity index (χ2n) is 8.48. The van der Waals surface area contributed by atoms with Gasteiger partial charge < -0.3 is 4.90 Å². The van der Waals surface area contributed by atoms with Crippen molar-refractivity contribution in [3.05, 3.63) is 71.0 Å². The number of imide groups is 1. The molecular weight excluding hydrogens is 438 g/mol. The van der Waals surface area contributed by atoms with E-state index < -0.39 is 11.8 Å². The van der Waals surface area contributed by atoms with Gasteiger partial charge in [0.25, 0.3) is 0 Å². The highest BCUT2D eigenvalue weighted by atomic mass is 35.5. The Hall–Kier alpha value is -3.50. The zero-order valence-corrected chi connectivity index (χ0v) is 18.7. The molecule has 8 heteroatoms. The van der Waals surface area contributed by atoms with Gasteiger partial charge in [0, 0.05) is 17.6 Å². The van der Waals surface area contributed by atoms with Gasteiger partial charge in [-0.15, -0.1) is 10.2 Å². The molecule has 7 nitrogen and oxygen atoms in total. The molecule has 0 N–H and O–H groups in total. The molecule has 3 atom stereocenters. The van der Waals surface area contributed by atoms with Crippen LogP contribution >= 0.6 is 11.6 Å². The second kappa shape index (κ2) is 8.80. The van der Waals surface area contributed by atoms with Gasteiger partial charge in [0.15, 0.2) is 5.70 Å². The Kier molecular flexibility index (Phi) is 5.69. The molecule has 0 aromatic heterocycles. The number of amides is 2. The van der Waals surface area contributed by atoms with E-state index in [0.29, 0.717) is 28.6 Å². The number of halogens is 1. The lowest BCUT2D eigenvalue weighted by Crippen LogP contribution is -2.40. The predicted molar refractivity (Wildman–Crippen MR) is 123 cm³/mol. The number of carbonyl (C=O) groups excluding carboxylic acids is 2. The van der Waals surface area contributed by atoms with Crippen molar-refractivity contribution in [1.29, 1.82) is 5.26 Å². The summed E-state index contributed by atoms with van der Waals surface area (Å²) >= 11 is 5.94. The Balaban J connectivity index is 1.60. The molecule has 0 aliphatic carbocycles. The molecule has 0 radical (unpaired) electrons. The van der Waals surface area contributed by atoms with Gasteiger partial charge in [0.05, 0.1) is 28.9 Å². The Morgan fingerprint density at radius 2 is 1.76 bits per heavy atom. The summed E-state index contributed by atoms with van der Waals surface area (Å²) in [5.74, 6) is -1.73. The molecule has 3 aliphatic heterocycles. The summed E-state index contributed by atoms with van der Waals surface area (Å²) in [6.07, 6.45) is 3.78. The van der Waals surface area contributed by atoms with Crippen molar-refractivity contribution in [3.63, 3.8) is 0 Å². The van der Waals surface area contributed by atoms with Gasteiger partial charge in [0.1, 0.15) is 6.07 Å². The van der Waals surface area contributed by atoms with Crippen LogP contribution in [0.15, 0.2) is 76.2 Å². The number of anilines is 1. The monoisotopic (exact) mass is 459 g/mol. The molecule has 3 saturated heterocycles. The number of nitriles is 1. The number of benzene rings is 2. The average Bonchev–Trinajstić information content (AvgIpc) is 3.14. The standard InChI is InChI=1S/C25H22ClN5O2/c26-16-10-12-17(13-11-16)28-29-19(15-27)23-22-21(20-9-5-2-6-14-30(20)23)24(32)31(25(22)33)18-7-3-1-4-8-18/h1,3-4,7-8,10-13,20-22H,2,5-6,9,14H2/b23-19-,29-28?/t20-,21+,22+/m1/s1. The van der Waals surface area contributed by atoms with Crippen molar-refractivity contribution in [2.45, 2.75) is 31.7 Å². The fourth-order valence-corrected chi connectivity index (χ4v) is 5.34. The van der Waals surface area contributed by atoms with E-state index in [4.69, 9.17) is 11.6 Å². The molecule has 3 fully saturated rings. The first-order chi connectivity index (χ1) is 16.1. The first-order valence-corrected chi connectivity index (χ1v) is 11.5. The number of hydrogen-bond acceptors (Lipinski definition) is 6. The maximum absolute atomic E-state index is 13.6. The molecule has 3 heterocycles. The average molecular weight is 460 g/mol. The Labute approximate surface area is 197 Å². The molecule has 0 spiro atoms. The zero-order chi connectivity index (χ0) is 22.9. The van der Waals surface area contributed by atoms with E-state index >= 15 is 0 Å². The number of para-hydroxylation sites is 1. The van der Waals surface area contributed by atoms with Gasteiger partial charge >= 0.3 is 0 Å². The molecule has 2 aromatic carbocycles. The number of carbonyl (C=O) groups is 2. The number of hydrogen-bond donors (Lipinski definition) is 0. The minimum atomic E-state index is -0.723. The SMILES string of the molecule is N#C/C(N=Nc1ccc(Cl)cc1)=C1\[C@H]2C(=O)N(c3ccccc3)C(=O)[C@H]2[C@H]2CCCCCN12. The predicted octanol–water partition coefficient (Wildman–Crippen LogP) is 5.22. The fraction of sp³-hybridized carbons (Fsp3) is 0.320. The number of azo groups is 1. The van der Waals surface area contributed by atoms with E-state index in [-0.39, 0.29) is 23.6 Å². The summed E-state index contributed by atoms with van der Waals surface area (Å²) in [4.78, 5) is 30.5. The van der Waals surface area contributed by atoms with Crippen molar-refractivity contribution < 1.29 is 9.59 Å². The van der Waals surface area contributed by atoms with E-state index in [2.05, 4.69) is 21.2 Å². The Morgan fingerprint density at radius 3 is 2.48 bits per heavy atom. The summed E-state index contributed by atoms with van der Waals surface area (Å²) in [5, 5.41) is 19.0. The highest BCUT2D eigenvalue weighted by Gasteiger charge is 2.60. The molecule has 0 bridgehead atoms. The normalized spacial score (nSPS) is 26.2. The van der Waals surface area contributed by atoms with Crippen molar-refractivity contribution in [3.8, 4) is 6.07 Å². The molecule has 33 heavy (non-hydrogen) atoms. The first-order valence-electron chi connectivity index (χ1n) is 11.1. The lowest BCUT2D eigenvalue weighted by atomic mass is 9.89. The van der Waals surface area contributed by atoms with Crippen LogP contribution in [0.1, 0.15) is 25.7 Å². The van der Waals surface area contributed by atoms with Crippen LogP contribution in [0.5, 0.6) is 0 Å². The number of nitrogens with zero attached hydrogens (tertiary/aromatic N) is 5. The van der Waals surface area contributed by atoms with Crippen LogP contribution in [-0.2, 0) is 9.59 Å². The fourth-order valence-electron chi connectivity index (χ4n) is 5.21. The third-order valence-corrected chi connectivity index (χ3v) is 6.88. The van der Waals surface area contributed by atoms with Crippen LogP contribution in [0.4, 0.5) is 11.4 Å². The molecule has 2 aromatic rings. The summed E-state index contributed by atoms with van der Waals surface area (Å²) < 4.78 is 0. The molecular formula is C25H22ClN5O2. The van der Waals surface area contributed by atoms with Crippen molar-refractivity contribution in [2.75, 3.05) is 11.4 Å². The van der Waals surface area contributed by atoms with Crippen LogP contribution < -0.4 is 4.90 Å². The lowest BCUT2D eigenvalue weighted by Gasteiger charge is -2.29. The van der Waals surface area contributed by atoms with E-state index in [1.807, 2.05) is 6.07 Å². The quantitative estimate of drug-likeness (QED) is 0.357. The van der Waals surface area contributed by atoms with Crippen molar-refractivity contribution in [1.82, 2.24) is 4.90 Å². The number of rotatable bonds is 3. The summed E-state index contributed by atoms with van der Waals surface area (Å²) in [6.45, 7) is 0.695. The van der Waals surface area contributed by atoms with Crippen LogP contribution in [0.2, 0.25) is 5.02 Å². The maximum Gasteiger partial charge on any atom is 0.243 e. The first kappa shape index (κ1) is 21.4. The minimum Gasteiger partial charge on any atom is -0.368 e. The van der Waals surface area contributed by atoms with Crippen molar-refractivity contribution >= 4 is 34.8 Å². The summed E-state index contributed by atoms with van der Waals surface area (Å²) in [7, 11) is 0. The second-order valence-corrected chi connectivity index (χ2v) is 8.92. The van der Waals surface area contributed by atoms with Crippen LogP contribution in [0.3, 0.4) is 0 Å². The van der Waals surface area contributed by atoms with Crippen molar-refractivity contribution in [2.24, 2.45) is 22.1 Å². The largest absolute Gasteiger partial charge is 0.368 e. The maximum atomic E-state index is 13.6. The van der Waals surface area contributed by atoms with E-state index in [1.165, 1.54) is 4.90 Å².